The zero-order chi connectivity index (χ0) is 15.6. The van der Waals surface area contributed by atoms with Gasteiger partial charge >= 0.3 is 0 Å². The predicted molar refractivity (Wildman–Crippen MR) is 83.1 cm³/mol. The minimum Gasteiger partial charge on any atom is -0.366 e. The van der Waals surface area contributed by atoms with Gasteiger partial charge in [-0.3, -0.25) is 9.59 Å². The van der Waals surface area contributed by atoms with Crippen LogP contribution in [-0.4, -0.2) is 28.3 Å². The Balaban J connectivity index is 2.36. The highest BCUT2D eigenvalue weighted by Crippen LogP contribution is 2.31. The molecule has 0 radical (unpaired) electrons. The van der Waals surface area contributed by atoms with Gasteiger partial charge in [-0.2, -0.15) is 0 Å². The third-order valence-electron chi connectivity index (χ3n) is 4.37. The Bertz CT molecular complexity index is 551. The monoisotopic (exact) mass is 288 g/mol. The van der Waals surface area contributed by atoms with Crippen molar-refractivity contribution in [2.24, 2.45) is 5.73 Å². The van der Waals surface area contributed by atoms with Gasteiger partial charge in [-0.05, 0) is 51.8 Å². The number of likely N-dealkylation sites (tertiary alicyclic amines) is 1. The van der Waals surface area contributed by atoms with E-state index in [1.54, 1.807) is 24.3 Å². The van der Waals surface area contributed by atoms with Crippen LogP contribution in [0.2, 0.25) is 0 Å². The molecule has 1 atom stereocenters. The number of hydrogen-bond donors (Lipinski definition) is 1. The minimum absolute atomic E-state index is 0.0162. The lowest BCUT2D eigenvalue weighted by molar-refractivity contribution is 0.0431. The van der Waals surface area contributed by atoms with E-state index in [0.29, 0.717) is 11.1 Å². The number of amides is 2. The van der Waals surface area contributed by atoms with Crippen LogP contribution in [-0.2, 0) is 0 Å². The third-order valence-corrected chi connectivity index (χ3v) is 4.37. The maximum absolute atomic E-state index is 12.9. The van der Waals surface area contributed by atoms with E-state index >= 15 is 0 Å². The molecule has 2 rings (SSSR count). The van der Waals surface area contributed by atoms with Crippen LogP contribution in [0.4, 0.5) is 0 Å². The lowest BCUT2D eigenvalue weighted by atomic mass is 9.95. The second-order valence-corrected chi connectivity index (χ2v) is 6.53. The van der Waals surface area contributed by atoms with Gasteiger partial charge in [0.05, 0.1) is 0 Å². The number of benzene rings is 1. The van der Waals surface area contributed by atoms with Gasteiger partial charge in [0.1, 0.15) is 0 Å². The number of nitrogens with zero attached hydrogens (tertiary/aromatic N) is 1. The fourth-order valence-corrected chi connectivity index (χ4v) is 3.26. The minimum atomic E-state index is -0.507. The second-order valence-electron chi connectivity index (χ2n) is 6.53. The highest BCUT2D eigenvalue weighted by Gasteiger charge is 2.36. The molecule has 0 aliphatic carbocycles. The molecule has 0 bridgehead atoms. The number of carbonyl (C=O) groups excluding carboxylic acids is 2. The van der Waals surface area contributed by atoms with E-state index < -0.39 is 5.91 Å². The van der Waals surface area contributed by atoms with Crippen molar-refractivity contribution >= 4 is 11.8 Å². The number of hydrogen-bond acceptors (Lipinski definition) is 2. The Hall–Kier alpha value is -1.84. The fourth-order valence-electron chi connectivity index (χ4n) is 3.26. The summed E-state index contributed by atoms with van der Waals surface area (Å²) in [5, 5.41) is 0. The average molecular weight is 288 g/mol. The lowest BCUT2D eigenvalue weighted by Gasteiger charge is -2.41. The molecule has 4 heteroatoms. The Labute approximate surface area is 126 Å². The SMILES string of the molecule is CC1CCCCC(C)(C)N1C(=O)c1cccc(C(N)=O)c1. The summed E-state index contributed by atoms with van der Waals surface area (Å²) < 4.78 is 0. The normalized spacial score (nSPS) is 21.7. The lowest BCUT2D eigenvalue weighted by Crippen LogP contribution is -2.51. The Kier molecular flexibility index (Phi) is 4.35. The van der Waals surface area contributed by atoms with Crippen LogP contribution in [0.1, 0.15) is 67.2 Å². The molecule has 114 valence electrons. The number of nitrogens with two attached hydrogens (primary N) is 1. The van der Waals surface area contributed by atoms with Crippen molar-refractivity contribution in [3.63, 3.8) is 0 Å². The topological polar surface area (TPSA) is 63.4 Å². The highest BCUT2D eigenvalue weighted by molar-refractivity contribution is 5.99. The van der Waals surface area contributed by atoms with Crippen LogP contribution < -0.4 is 5.73 Å². The first-order chi connectivity index (χ1) is 9.83. The van der Waals surface area contributed by atoms with E-state index in [4.69, 9.17) is 5.73 Å². The summed E-state index contributed by atoms with van der Waals surface area (Å²) in [4.78, 5) is 26.2. The van der Waals surface area contributed by atoms with E-state index in [0.717, 1.165) is 25.7 Å². The van der Waals surface area contributed by atoms with Crippen LogP contribution in [0.3, 0.4) is 0 Å². The number of primary amides is 1. The molecule has 0 spiro atoms. The maximum Gasteiger partial charge on any atom is 0.254 e. The van der Waals surface area contributed by atoms with Gasteiger partial charge in [-0.1, -0.05) is 18.9 Å². The predicted octanol–water partition coefficient (Wildman–Crippen LogP) is 2.97. The molecule has 1 aliphatic rings. The van der Waals surface area contributed by atoms with Gasteiger partial charge in [0.2, 0.25) is 5.91 Å². The molecule has 1 aliphatic heterocycles. The summed E-state index contributed by atoms with van der Waals surface area (Å²) in [6.07, 6.45) is 4.31. The molecular weight excluding hydrogens is 264 g/mol. The molecule has 1 unspecified atom stereocenters. The molecule has 0 aromatic heterocycles. The molecule has 1 fully saturated rings. The van der Waals surface area contributed by atoms with Gasteiger partial charge in [0.15, 0.2) is 0 Å². The summed E-state index contributed by atoms with van der Waals surface area (Å²) in [5.74, 6) is -0.523. The zero-order valence-electron chi connectivity index (χ0n) is 13.1. The quantitative estimate of drug-likeness (QED) is 0.909. The summed E-state index contributed by atoms with van der Waals surface area (Å²) in [6, 6.07) is 6.90. The van der Waals surface area contributed by atoms with Gasteiger partial charge in [0.25, 0.3) is 5.91 Å². The van der Waals surface area contributed by atoms with Crippen LogP contribution in [0.15, 0.2) is 24.3 Å². The summed E-state index contributed by atoms with van der Waals surface area (Å²) in [6.45, 7) is 6.33. The van der Waals surface area contributed by atoms with Crippen molar-refractivity contribution in [2.45, 2.75) is 58.0 Å². The smallest absolute Gasteiger partial charge is 0.254 e. The fraction of sp³-hybridized carbons (Fsp3) is 0.529. The van der Waals surface area contributed by atoms with Crippen molar-refractivity contribution in [2.75, 3.05) is 0 Å². The molecule has 21 heavy (non-hydrogen) atoms. The van der Waals surface area contributed by atoms with E-state index in [1.807, 2.05) is 4.90 Å². The standard InChI is InChI=1S/C17H24N2O2/c1-12-7-4-5-10-17(2,3)19(12)16(21)14-9-6-8-13(11-14)15(18)20/h6,8-9,11-12H,4-5,7,10H2,1-3H3,(H2,18,20). The number of carbonyl (C=O) groups is 2. The first-order valence-corrected chi connectivity index (χ1v) is 7.56. The van der Waals surface area contributed by atoms with Crippen LogP contribution in [0, 0.1) is 0 Å². The second kappa shape index (κ2) is 5.88. The van der Waals surface area contributed by atoms with Crippen LogP contribution in [0.25, 0.3) is 0 Å². The molecule has 2 amide bonds. The average Bonchev–Trinajstić information content (AvgIpc) is 2.56. The molecule has 1 aromatic rings. The summed E-state index contributed by atoms with van der Waals surface area (Å²) in [5.41, 5.74) is 6.04. The van der Waals surface area contributed by atoms with Gasteiger partial charge in [-0.25, -0.2) is 0 Å². The molecular formula is C17H24N2O2. The maximum atomic E-state index is 12.9. The van der Waals surface area contributed by atoms with Crippen molar-refractivity contribution in [1.29, 1.82) is 0 Å². The van der Waals surface area contributed by atoms with Crippen molar-refractivity contribution in [3.8, 4) is 0 Å². The summed E-state index contributed by atoms with van der Waals surface area (Å²) in [7, 11) is 0. The van der Waals surface area contributed by atoms with E-state index in [2.05, 4.69) is 20.8 Å². The summed E-state index contributed by atoms with van der Waals surface area (Å²) >= 11 is 0. The van der Waals surface area contributed by atoms with Crippen molar-refractivity contribution < 1.29 is 9.59 Å². The Morgan fingerprint density at radius 1 is 1.24 bits per heavy atom. The Morgan fingerprint density at radius 3 is 2.57 bits per heavy atom. The van der Waals surface area contributed by atoms with Crippen LogP contribution >= 0.6 is 0 Å². The van der Waals surface area contributed by atoms with Gasteiger partial charge in [-0.15, -0.1) is 0 Å². The molecule has 1 saturated heterocycles. The molecule has 4 nitrogen and oxygen atoms in total. The third kappa shape index (κ3) is 3.26. The van der Waals surface area contributed by atoms with Gasteiger partial charge < -0.3 is 10.6 Å². The van der Waals surface area contributed by atoms with Gasteiger partial charge in [0, 0.05) is 22.7 Å². The molecule has 1 heterocycles. The van der Waals surface area contributed by atoms with Crippen molar-refractivity contribution in [3.05, 3.63) is 35.4 Å². The van der Waals surface area contributed by atoms with E-state index in [9.17, 15) is 9.59 Å². The zero-order valence-corrected chi connectivity index (χ0v) is 13.1. The largest absolute Gasteiger partial charge is 0.366 e. The Morgan fingerprint density at radius 2 is 1.90 bits per heavy atom. The first-order valence-electron chi connectivity index (χ1n) is 7.56. The first kappa shape index (κ1) is 15.5. The molecule has 0 saturated carbocycles. The van der Waals surface area contributed by atoms with E-state index in [1.165, 1.54) is 0 Å². The highest BCUT2D eigenvalue weighted by atomic mass is 16.2. The van der Waals surface area contributed by atoms with Crippen molar-refractivity contribution in [1.82, 2.24) is 4.90 Å². The van der Waals surface area contributed by atoms with E-state index in [-0.39, 0.29) is 17.5 Å². The molecule has 2 N–H and O–H groups in total. The molecule has 1 aromatic carbocycles. The number of rotatable bonds is 2. The van der Waals surface area contributed by atoms with Crippen LogP contribution in [0.5, 0.6) is 0 Å².